The number of pyridine rings is 1. The van der Waals surface area contributed by atoms with E-state index in [-0.39, 0.29) is 18.1 Å². The first-order chi connectivity index (χ1) is 17.8. The van der Waals surface area contributed by atoms with Crippen molar-refractivity contribution in [2.45, 2.75) is 32.4 Å². The maximum atomic E-state index is 15.4. The first-order valence-corrected chi connectivity index (χ1v) is 11.3. The normalized spacial score (nSPS) is 15.3. The number of aromatic nitrogens is 7. The molecule has 37 heavy (non-hydrogen) atoms. The molecule has 0 radical (unpaired) electrons. The van der Waals surface area contributed by atoms with Crippen LogP contribution in [0, 0.1) is 19.3 Å². The molecular formula is C23H23F3N10O. The fraction of sp³-hybridized carbons (Fsp3) is 0.304. The molecule has 1 aliphatic rings. The van der Waals surface area contributed by atoms with Gasteiger partial charge in [-0.05, 0) is 48.3 Å². The van der Waals surface area contributed by atoms with E-state index in [0.29, 0.717) is 17.3 Å². The second-order valence-corrected chi connectivity index (χ2v) is 8.57. The van der Waals surface area contributed by atoms with Crippen molar-refractivity contribution in [3.05, 3.63) is 59.2 Å². The van der Waals surface area contributed by atoms with E-state index < -0.39 is 30.2 Å². The Morgan fingerprint density at radius 1 is 1.27 bits per heavy atom. The van der Waals surface area contributed by atoms with E-state index in [1.54, 1.807) is 30.0 Å². The standard InChI is InChI=1S/C23H23F3N10O/c1-12-9-29-19(30-18(28-3)4-5-27)7-16(12)14-6-17-21-31-32-22(23(25,26)20-13(2)33-37-34-20)36(21)15(8-24)11-35(17)10-14/h4-7,9-10,15,27-28H,8,11H2,1-3H3,(H,29,30)/b18-4+,27-5?/t15-/m0/s1. The van der Waals surface area contributed by atoms with Crippen molar-refractivity contribution in [3.63, 3.8) is 0 Å². The van der Waals surface area contributed by atoms with Gasteiger partial charge in [0.05, 0.1) is 11.7 Å². The summed E-state index contributed by atoms with van der Waals surface area (Å²) in [5.74, 6) is -3.16. The molecule has 14 heteroatoms. The maximum Gasteiger partial charge on any atom is 0.353 e. The fourth-order valence-corrected chi connectivity index (χ4v) is 4.38. The van der Waals surface area contributed by atoms with Gasteiger partial charge in [0.15, 0.2) is 11.5 Å². The van der Waals surface area contributed by atoms with Gasteiger partial charge in [0.25, 0.3) is 0 Å². The maximum absolute atomic E-state index is 15.4. The number of anilines is 1. The van der Waals surface area contributed by atoms with Crippen molar-refractivity contribution in [3.8, 4) is 22.6 Å². The molecule has 0 aliphatic carbocycles. The lowest BCUT2D eigenvalue weighted by molar-refractivity contribution is 0.0174. The number of alkyl halides is 3. The van der Waals surface area contributed by atoms with Crippen LogP contribution < -0.4 is 10.6 Å². The molecule has 0 aromatic carbocycles. The monoisotopic (exact) mass is 512 g/mol. The average molecular weight is 513 g/mol. The van der Waals surface area contributed by atoms with E-state index in [0.717, 1.165) is 27.5 Å². The Hall–Kier alpha value is -4.49. The lowest BCUT2D eigenvalue weighted by Crippen LogP contribution is -2.30. The van der Waals surface area contributed by atoms with Crippen molar-refractivity contribution in [2.24, 2.45) is 0 Å². The van der Waals surface area contributed by atoms with Gasteiger partial charge >= 0.3 is 5.92 Å². The fourth-order valence-electron chi connectivity index (χ4n) is 4.38. The van der Waals surface area contributed by atoms with Crippen molar-refractivity contribution in [1.29, 1.82) is 5.41 Å². The third-order valence-corrected chi connectivity index (χ3v) is 6.20. The molecule has 4 aromatic rings. The van der Waals surface area contributed by atoms with Gasteiger partial charge in [-0.15, -0.1) is 10.2 Å². The molecule has 5 heterocycles. The molecule has 0 unspecified atom stereocenters. The zero-order valence-corrected chi connectivity index (χ0v) is 20.1. The van der Waals surface area contributed by atoms with Gasteiger partial charge in [-0.1, -0.05) is 5.16 Å². The first kappa shape index (κ1) is 24.2. The Balaban J connectivity index is 1.57. The van der Waals surface area contributed by atoms with Gasteiger partial charge in [-0.3, -0.25) is 4.57 Å². The van der Waals surface area contributed by atoms with E-state index in [1.807, 2.05) is 19.2 Å². The van der Waals surface area contributed by atoms with Crippen LogP contribution in [-0.4, -0.2) is 54.6 Å². The van der Waals surface area contributed by atoms with Gasteiger partial charge in [-0.25, -0.2) is 14.0 Å². The Morgan fingerprint density at radius 3 is 2.76 bits per heavy atom. The van der Waals surface area contributed by atoms with Crippen LogP contribution in [0.25, 0.3) is 22.6 Å². The minimum absolute atomic E-state index is 0.0879. The highest BCUT2D eigenvalue weighted by Crippen LogP contribution is 2.41. The molecular weight excluding hydrogens is 489 g/mol. The highest BCUT2D eigenvalue weighted by Gasteiger charge is 2.47. The van der Waals surface area contributed by atoms with Crippen LogP contribution >= 0.6 is 0 Å². The summed E-state index contributed by atoms with van der Waals surface area (Å²) in [6, 6.07) is 2.69. The SMILES string of the molecule is CN/C(=C\C=N)Nc1cc(-c2cc3n(c2)C[C@H](CF)n2c-3nnc2C(F)(F)c2nonc2C)c(C)cn1. The molecule has 11 nitrogen and oxygen atoms in total. The van der Waals surface area contributed by atoms with Crippen LogP contribution in [0.15, 0.2) is 41.1 Å². The summed E-state index contributed by atoms with van der Waals surface area (Å²) in [5.41, 5.74) is 2.23. The van der Waals surface area contributed by atoms with Gasteiger partial charge in [0.1, 0.15) is 24.0 Å². The first-order valence-electron chi connectivity index (χ1n) is 11.3. The van der Waals surface area contributed by atoms with Crippen LogP contribution in [0.3, 0.4) is 0 Å². The number of halogens is 3. The van der Waals surface area contributed by atoms with Crippen molar-refractivity contribution < 1.29 is 17.8 Å². The van der Waals surface area contributed by atoms with Gasteiger partial charge in [-0.2, -0.15) is 8.78 Å². The lowest BCUT2D eigenvalue weighted by Gasteiger charge is -2.27. The summed E-state index contributed by atoms with van der Waals surface area (Å²) >= 11 is 0. The molecule has 0 saturated heterocycles. The third kappa shape index (κ3) is 4.03. The van der Waals surface area contributed by atoms with Crippen LogP contribution in [0.5, 0.6) is 0 Å². The molecule has 5 rings (SSSR count). The molecule has 1 atom stereocenters. The van der Waals surface area contributed by atoms with E-state index >= 15 is 8.78 Å². The summed E-state index contributed by atoms with van der Waals surface area (Å²) in [7, 11) is 1.72. The Bertz CT molecular complexity index is 1500. The Labute approximate surface area is 208 Å². The molecule has 0 spiro atoms. The van der Waals surface area contributed by atoms with Gasteiger partial charge in [0, 0.05) is 37.8 Å². The van der Waals surface area contributed by atoms with E-state index in [9.17, 15) is 4.39 Å². The summed E-state index contributed by atoms with van der Waals surface area (Å²) in [5, 5.41) is 27.9. The van der Waals surface area contributed by atoms with E-state index in [1.165, 1.54) is 6.92 Å². The number of allylic oxidation sites excluding steroid dienone is 1. The van der Waals surface area contributed by atoms with Crippen molar-refractivity contribution in [2.75, 3.05) is 19.0 Å². The number of rotatable bonds is 8. The molecule has 0 saturated carbocycles. The second-order valence-electron chi connectivity index (χ2n) is 8.57. The number of fused-ring (bicyclic) bond motifs is 3. The van der Waals surface area contributed by atoms with Crippen molar-refractivity contribution in [1.82, 2.24) is 39.9 Å². The average Bonchev–Trinajstić information content (AvgIpc) is 3.62. The summed E-state index contributed by atoms with van der Waals surface area (Å²) < 4.78 is 52.3. The highest BCUT2D eigenvalue weighted by molar-refractivity contribution is 5.75. The van der Waals surface area contributed by atoms with Crippen LogP contribution in [-0.2, 0) is 12.5 Å². The Kier molecular flexibility index (Phi) is 6.01. The number of aryl methyl sites for hydroxylation is 2. The summed E-state index contributed by atoms with van der Waals surface area (Å²) in [6.07, 6.45) is 6.22. The van der Waals surface area contributed by atoms with E-state index in [2.05, 4.69) is 40.8 Å². The zero-order chi connectivity index (χ0) is 26.3. The second kappa shape index (κ2) is 9.19. The predicted molar refractivity (Wildman–Crippen MR) is 128 cm³/mol. The lowest BCUT2D eigenvalue weighted by atomic mass is 10.1. The number of nitrogens with zero attached hydrogens (tertiary/aromatic N) is 7. The van der Waals surface area contributed by atoms with Crippen LogP contribution in [0.2, 0.25) is 0 Å². The highest BCUT2D eigenvalue weighted by atomic mass is 19.3. The minimum Gasteiger partial charge on any atom is -0.375 e. The number of nitrogens with one attached hydrogen (secondary N) is 3. The summed E-state index contributed by atoms with van der Waals surface area (Å²) in [6.45, 7) is 2.45. The summed E-state index contributed by atoms with van der Waals surface area (Å²) in [4.78, 5) is 4.39. The topological polar surface area (TPSA) is 135 Å². The number of hydrogen-bond acceptors (Lipinski definition) is 9. The molecule has 192 valence electrons. The van der Waals surface area contributed by atoms with Crippen LogP contribution in [0.4, 0.5) is 19.0 Å². The predicted octanol–water partition coefficient (Wildman–Crippen LogP) is 3.60. The van der Waals surface area contributed by atoms with Crippen molar-refractivity contribution >= 4 is 12.0 Å². The Morgan fingerprint density at radius 2 is 2.08 bits per heavy atom. The quantitative estimate of drug-likeness (QED) is 0.305. The van der Waals surface area contributed by atoms with Gasteiger partial charge in [0.2, 0.25) is 5.82 Å². The molecule has 1 aliphatic heterocycles. The van der Waals surface area contributed by atoms with Crippen LogP contribution in [0.1, 0.15) is 28.8 Å². The zero-order valence-electron chi connectivity index (χ0n) is 20.1. The van der Waals surface area contributed by atoms with Gasteiger partial charge < -0.3 is 20.6 Å². The smallest absolute Gasteiger partial charge is 0.353 e. The molecule has 0 fully saturated rings. The number of hydrogen-bond donors (Lipinski definition) is 3. The molecule has 4 aromatic heterocycles. The molecule has 0 amide bonds. The van der Waals surface area contributed by atoms with E-state index in [4.69, 9.17) is 5.41 Å². The molecule has 3 N–H and O–H groups in total. The third-order valence-electron chi connectivity index (χ3n) is 6.20. The largest absolute Gasteiger partial charge is 0.375 e. The molecule has 0 bridgehead atoms. The minimum atomic E-state index is -3.68.